The molecule has 61 heavy (non-hydrogen) atoms. The standard InChI is InChI=1S/C40H40O21/c1-54-25-10-17(2-8-22(25)43)3-9-30(46)55-15-27-32(48)35(51)37(53)40(61-27)59-26-13-21-23(57-38(26)18-4-6-19(41)7-5-18)11-20(42)12-24(21)58-39-36(52)34(50)33(49)28(60-39)16-56-31(47)14-29(44)45/h2-13,27-28,32-37,39-41,43,48-53H,14-16H2,1H3,(H,44,45)/t27-,28-,32-,33-,34+,35+,36-,37-,39-,40-/m1/s1. The van der Waals surface area contributed by atoms with Gasteiger partial charge < -0.3 is 83.5 Å². The van der Waals surface area contributed by atoms with Gasteiger partial charge in [0.1, 0.15) is 85.7 Å². The molecule has 3 heterocycles. The van der Waals surface area contributed by atoms with E-state index in [2.05, 4.69) is 0 Å². The number of methoxy groups -OCH3 is 1. The predicted molar refractivity (Wildman–Crippen MR) is 201 cm³/mol. The average molecular weight is 857 g/mol. The molecule has 21 nitrogen and oxygen atoms in total. The lowest BCUT2D eigenvalue weighted by atomic mass is 9.99. The first-order valence-electron chi connectivity index (χ1n) is 18.3. The molecule has 4 aliphatic rings. The van der Waals surface area contributed by atoms with Gasteiger partial charge in [0.25, 0.3) is 0 Å². The number of phenols is 2. The number of aliphatic hydroxyl groups excluding tert-OH is 6. The van der Waals surface area contributed by atoms with Crippen LogP contribution < -0.4 is 19.6 Å². The average Bonchev–Trinajstić information content (AvgIpc) is 3.22. The number of esters is 2. The van der Waals surface area contributed by atoms with Crippen molar-refractivity contribution in [2.75, 3.05) is 20.3 Å². The smallest absolute Gasteiger partial charge is 0.330 e. The highest BCUT2D eigenvalue weighted by atomic mass is 16.7. The Morgan fingerprint density at radius 2 is 1.31 bits per heavy atom. The molecule has 1 aliphatic carbocycles. The number of hydrogen-bond donors (Lipinski definition) is 9. The molecule has 0 radical (unpaired) electrons. The van der Waals surface area contributed by atoms with E-state index in [1.807, 2.05) is 0 Å². The summed E-state index contributed by atoms with van der Waals surface area (Å²) in [5.41, 5.74) is -0.0448. The van der Waals surface area contributed by atoms with Crippen LogP contribution in [0.2, 0.25) is 0 Å². The van der Waals surface area contributed by atoms with Gasteiger partial charge in [0.15, 0.2) is 28.4 Å². The van der Waals surface area contributed by atoms with E-state index in [4.69, 9.17) is 42.7 Å². The van der Waals surface area contributed by atoms with E-state index in [1.54, 1.807) is 0 Å². The third-order valence-electron chi connectivity index (χ3n) is 9.45. The van der Waals surface area contributed by atoms with Gasteiger partial charge in [-0.3, -0.25) is 14.4 Å². The Balaban J connectivity index is 1.27. The van der Waals surface area contributed by atoms with Crippen LogP contribution in [0, 0.1) is 0 Å². The molecule has 2 saturated heterocycles. The zero-order valence-electron chi connectivity index (χ0n) is 31.7. The van der Waals surface area contributed by atoms with Crippen molar-refractivity contribution < 1.29 is 97.9 Å². The molecule has 0 aromatic heterocycles. The molecule has 9 N–H and O–H groups in total. The van der Waals surface area contributed by atoms with E-state index >= 15 is 0 Å². The molecule has 2 fully saturated rings. The maximum atomic E-state index is 12.9. The van der Waals surface area contributed by atoms with E-state index in [0.717, 1.165) is 18.2 Å². The fourth-order valence-electron chi connectivity index (χ4n) is 6.24. The van der Waals surface area contributed by atoms with E-state index in [0.29, 0.717) is 5.56 Å². The molecule has 326 valence electrons. The fourth-order valence-corrected chi connectivity index (χ4v) is 6.24. The number of carboxylic acids is 1. The number of ether oxygens (including phenoxy) is 7. The van der Waals surface area contributed by atoms with Gasteiger partial charge in [0.05, 0.1) is 12.7 Å². The summed E-state index contributed by atoms with van der Waals surface area (Å²) in [5, 5.41) is 92.9. The third-order valence-corrected chi connectivity index (χ3v) is 9.45. The van der Waals surface area contributed by atoms with Crippen LogP contribution in [0.3, 0.4) is 0 Å². The number of hydrogen-bond acceptors (Lipinski definition) is 20. The van der Waals surface area contributed by atoms with Crippen molar-refractivity contribution in [1.29, 1.82) is 0 Å². The van der Waals surface area contributed by atoms with Crippen LogP contribution in [-0.2, 0) is 33.3 Å². The summed E-state index contributed by atoms with van der Waals surface area (Å²) in [5.74, 6) is -4.57. The van der Waals surface area contributed by atoms with E-state index in [1.165, 1.54) is 61.7 Å². The van der Waals surface area contributed by atoms with Crippen LogP contribution in [0.4, 0.5) is 0 Å². The largest absolute Gasteiger partial charge is 0.508 e. The van der Waals surface area contributed by atoms with Crippen molar-refractivity contribution >= 4 is 24.0 Å². The number of rotatable bonds is 14. The summed E-state index contributed by atoms with van der Waals surface area (Å²) in [6.45, 7) is -1.41. The minimum absolute atomic E-state index is 0.0626. The molecule has 3 aliphatic heterocycles. The van der Waals surface area contributed by atoms with Gasteiger partial charge in [-0.1, -0.05) is 6.07 Å². The molecule has 0 spiro atoms. The second-order valence-corrected chi connectivity index (χ2v) is 13.7. The minimum Gasteiger partial charge on any atom is -0.508 e. The molecule has 0 bridgehead atoms. The first-order chi connectivity index (χ1) is 29.0. The monoisotopic (exact) mass is 856 g/mol. The number of aromatic hydroxyl groups is 2. The molecular weight excluding hydrogens is 816 g/mol. The van der Waals surface area contributed by atoms with Gasteiger partial charge in [-0.05, 0) is 54.1 Å². The van der Waals surface area contributed by atoms with Crippen LogP contribution in [0.15, 0.2) is 76.0 Å². The van der Waals surface area contributed by atoms with Gasteiger partial charge in [-0.25, -0.2) is 4.79 Å². The summed E-state index contributed by atoms with van der Waals surface area (Å²) >= 11 is 0. The number of carbonyl (C=O) groups excluding carboxylic acids is 2. The van der Waals surface area contributed by atoms with E-state index in [9.17, 15) is 60.0 Å². The van der Waals surface area contributed by atoms with Crippen molar-refractivity contribution in [2.24, 2.45) is 0 Å². The molecule has 21 heteroatoms. The van der Waals surface area contributed by atoms with Gasteiger partial charge in [0.2, 0.25) is 12.6 Å². The first kappa shape index (κ1) is 44.3. The number of aliphatic carboxylic acids is 1. The molecule has 6 rings (SSSR count). The van der Waals surface area contributed by atoms with Crippen LogP contribution in [-0.4, -0.2) is 146 Å². The Bertz CT molecular complexity index is 2250. The lowest BCUT2D eigenvalue weighted by Gasteiger charge is -2.40. The number of aliphatic hydroxyl groups is 6. The summed E-state index contributed by atoms with van der Waals surface area (Å²) in [6, 6.07) is 13.0. The van der Waals surface area contributed by atoms with E-state index < -0.39 is 104 Å². The summed E-state index contributed by atoms with van der Waals surface area (Å²) < 4.78 is 44.4. The topological polar surface area (TPSA) is 328 Å². The SMILES string of the molecule is COc1cc(C=CC(=O)OC[C@H]2O[C@@H](Oc3cc4c(O[C@@H]5O[C@H](COC(=O)CC(=O)O)[C@@H](O)[C@H](O)[C@H]5O)cc(=O)cc-4oc3-c3ccc(O)cc3)[C@H](O)[C@@H](O)[C@@H]2O)ccc1O. The van der Waals surface area contributed by atoms with Crippen LogP contribution in [0.5, 0.6) is 28.7 Å². The Hall–Kier alpha value is -6.30. The van der Waals surface area contributed by atoms with Crippen molar-refractivity contribution in [3.8, 4) is 51.4 Å². The second-order valence-electron chi connectivity index (χ2n) is 13.7. The molecule has 2 aromatic carbocycles. The normalized spacial score (nSPS) is 26.4. The van der Waals surface area contributed by atoms with Gasteiger partial charge in [-0.2, -0.15) is 0 Å². The molecule has 0 unspecified atom stereocenters. The fraction of sp³-hybridized carbons (Fsp3) is 0.350. The van der Waals surface area contributed by atoms with Crippen molar-refractivity contribution in [3.63, 3.8) is 0 Å². The number of fused-ring (bicyclic) bond motifs is 1. The van der Waals surface area contributed by atoms with Crippen molar-refractivity contribution in [2.45, 2.75) is 67.8 Å². The van der Waals surface area contributed by atoms with Crippen LogP contribution in [0.1, 0.15) is 12.0 Å². The second kappa shape index (κ2) is 19.0. The van der Waals surface area contributed by atoms with Gasteiger partial charge >= 0.3 is 17.9 Å². The summed E-state index contributed by atoms with van der Waals surface area (Å²) in [4.78, 5) is 48.2. The van der Waals surface area contributed by atoms with Gasteiger partial charge in [0, 0.05) is 23.8 Å². The van der Waals surface area contributed by atoms with Crippen molar-refractivity contribution in [3.05, 3.63) is 82.5 Å². The Kier molecular flexibility index (Phi) is 13.8. The number of benzene rings is 3. The molecule has 0 amide bonds. The zero-order chi connectivity index (χ0) is 44.1. The number of carbonyl (C=O) groups is 3. The predicted octanol–water partition coefficient (Wildman–Crippen LogP) is -0.521. The summed E-state index contributed by atoms with van der Waals surface area (Å²) in [6.07, 6.45) is -16.7. The number of carboxylic acid groups (broad SMARTS) is 1. The van der Waals surface area contributed by atoms with Gasteiger partial charge in [-0.15, -0.1) is 0 Å². The lowest BCUT2D eigenvalue weighted by molar-refractivity contribution is -0.278. The highest BCUT2D eigenvalue weighted by molar-refractivity contribution is 5.90. The minimum atomic E-state index is -1.97. The maximum Gasteiger partial charge on any atom is 0.330 e. The molecule has 10 atom stereocenters. The first-order valence-corrected chi connectivity index (χ1v) is 18.3. The highest BCUT2D eigenvalue weighted by Crippen LogP contribution is 2.43. The number of phenolic OH excluding ortho intramolecular Hbond substituents is 2. The van der Waals surface area contributed by atoms with Crippen LogP contribution >= 0.6 is 0 Å². The quantitative estimate of drug-likeness (QED) is 0.0438. The summed E-state index contributed by atoms with van der Waals surface area (Å²) in [7, 11) is 1.35. The molecule has 0 saturated carbocycles. The van der Waals surface area contributed by atoms with E-state index in [-0.39, 0.29) is 51.4 Å². The molecule has 2 aromatic rings. The third kappa shape index (κ3) is 10.4. The lowest BCUT2D eigenvalue weighted by Crippen LogP contribution is -2.60. The van der Waals surface area contributed by atoms with Crippen LogP contribution in [0.25, 0.3) is 28.7 Å². The Morgan fingerprint density at radius 3 is 1.92 bits per heavy atom. The maximum absolute atomic E-state index is 12.9. The van der Waals surface area contributed by atoms with Crippen molar-refractivity contribution in [1.82, 2.24) is 0 Å². The Morgan fingerprint density at radius 1 is 0.705 bits per heavy atom. The highest BCUT2D eigenvalue weighted by Gasteiger charge is 2.47. The zero-order valence-corrected chi connectivity index (χ0v) is 31.7. The Labute approximate surface area is 343 Å². The molecular formula is C40H40O21.